The van der Waals surface area contributed by atoms with Crippen molar-refractivity contribution in [1.82, 2.24) is 20.1 Å². The normalized spacial score (nSPS) is 13.1. The first kappa shape index (κ1) is 19.2. The predicted molar refractivity (Wildman–Crippen MR) is 112 cm³/mol. The first-order valence-corrected chi connectivity index (χ1v) is 10.1. The lowest BCUT2D eigenvalue weighted by atomic mass is 10.1. The summed E-state index contributed by atoms with van der Waals surface area (Å²) < 4.78 is 13.2. The monoisotopic (exact) mass is 394 g/mol. The van der Waals surface area contributed by atoms with Gasteiger partial charge in [-0.15, -0.1) is 0 Å². The Balaban J connectivity index is 1.81. The van der Waals surface area contributed by atoms with Crippen LogP contribution in [-0.4, -0.2) is 40.4 Å². The fraction of sp³-hybridized carbons (Fsp3) is 0.409. The molecule has 1 aliphatic rings. The smallest absolute Gasteiger partial charge is 0.252 e. The lowest BCUT2D eigenvalue weighted by molar-refractivity contribution is 0.0954. The number of nitrogens with zero attached hydrogens (tertiary/aromatic N) is 3. The standard InChI is InChI=1S/C22H26N4O3/c1-4-5-8-23-22(27)16-12-18(25-21-17(16)13-24-26(21)14(2)3)15-6-7-19-20(11-15)29-10-9-28-19/h6-7,11-14H,4-5,8-10H2,1-3H3,(H,23,27). The van der Waals surface area contributed by atoms with Gasteiger partial charge in [-0.25, -0.2) is 9.67 Å². The molecule has 0 atom stereocenters. The van der Waals surface area contributed by atoms with Crippen molar-refractivity contribution >= 4 is 16.9 Å². The van der Waals surface area contributed by atoms with Crippen molar-refractivity contribution < 1.29 is 14.3 Å². The van der Waals surface area contributed by atoms with Crippen molar-refractivity contribution in [2.75, 3.05) is 19.8 Å². The molecule has 0 fully saturated rings. The largest absolute Gasteiger partial charge is 0.486 e. The number of carbonyl (C=O) groups is 1. The van der Waals surface area contributed by atoms with E-state index in [1.807, 2.05) is 42.8 Å². The van der Waals surface area contributed by atoms with E-state index in [0.29, 0.717) is 42.4 Å². The molecule has 3 heterocycles. The minimum atomic E-state index is -0.104. The van der Waals surface area contributed by atoms with E-state index in [0.717, 1.165) is 29.5 Å². The molecule has 0 unspecified atom stereocenters. The number of rotatable bonds is 6. The Bertz CT molecular complexity index is 1040. The lowest BCUT2D eigenvalue weighted by Crippen LogP contribution is -2.24. The molecular formula is C22H26N4O3. The van der Waals surface area contributed by atoms with Gasteiger partial charge in [0.1, 0.15) is 13.2 Å². The van der Waals surface area contributed by atoms with Gasteiger partial charge in [0, 0.05) is 18.2 Å². The van der Waals surface area contributed by atoms with E-state index >= 15 is 0 Å². The van der Waals surface area contributed by atoms with Crippen LogP contribution >= 0.6 is 0 Å². The summed E-state index contributed by atoms with van der Waals surface area (Å²) in [5, 5.41) is 8.24. The van der Waals surface area contributed by atoms with E-state index in [-0.39, 0.29) is 11.9 Å². The summed E-state index contributed by atoms with van der Waals surface area (Å²) >= 11 is 0. The second-order valence-electron chi connectivity index (χ2n) is 7.44. The molecule has 0 radical (unpaired) electrons. The van der Waals surface area contributed by atoms with Gasteiger partial charge in [0.2, 0.25) is 0 Å². The maximum atomic E-state index is 12.9. The van der Waals surface area contributed by atoms with Crippen LogP contribution in [0, 0.1) is 0 Å². The summed E-state index contributed by atoms with van der Waals surface area (Å²) in [6.45, 7) is 7.92. The van der Waals surface area contributed by atoms with Gasteiger partial charge in [-0.3, -0.25) is 4.79 Å². The summed E-state index contributed by atoms with van der Waals surface area (Å²) in [6, 6.07) is 7.71. The van der Waals surface area contributed by atoms with Gasteiger partial charge >= 0.3 is 0 Å². The van der Waals surface area contributed by atoms with E-state index < -0.39 is 0 Å². The zero-order valence-electron chi connectivity index (χ0n) is 17.1. The number of aromatic nitrogens is 3. The topological polar surface area (TPSA) is 78.3 Å². The molecule has 0 saturated heterocycles. The van der Waals surface area contributed by atoms with Gasteiger partial charge in [-0.1, -0.05) is 13.3 Å². The minimum Gasteiger partial charge on any atom is -0.486 e. The van der Waals surface area contributed by atoms with E-state index in [1.54, 1.807) is 6.20 Å². The molecule has 3 aromatic rings. The molecule has 0 bridgehead atoms. The molecule has 1 aromatic carbocycles. The third kappa shape index (κ3) is 3.77. The van der Waals surface area contributed by atoms with Crippen molar-refractivity contribution in [3.05, 3.63) is 36.0 Å². The highest BCUT2D eigenvalue weighted by Gasteiger charge is 2.20. The SMILES string of the molecule is CCCCNC(=O)c1cc(-c2ccc3c(c2)OCCO3)nc2c1cnn2C(C)C. The minimum absolute atomic E-state index is 0.104. The molecule has 1 N–H and O–H groups in total. The first-order chi connectivity index (χ1) is 14.1. The average molecular weight is 394 g/mol. The zero-order valence-corrected chi connectivity index (χ0v) is 17.1. The van der Waals surface area contributed by atoms with E-state index in [4.69, 9.17) is 14.5 Å². The number of ether oxygens (including phenoxy) is 2. The van der Waals surface area contributed by atoms with Crippen LogP contribution in [0.15, 0.2) is 30.5 Å². The summed E-state index contributed by atoms with van der Waals surface area (Å²) in [5.41, 5.74) is 2.86. The van der Waals surface area contributed by atoms with Gasteiger partial charge in [-0.2, -0.15) is 5.10 Å². The van der Waals surface area contributed by atoms with E-state index in [2.05, 4.69) is 17.3 Å². The highest BCUT2D eigenvalue weighted by Crippen LogP contribution is 2.35. The fourth-order valence-electron chi connectivity index (χ4n) is 3.41. The van der Waals surface area contributed by atoms with Gasteiger partial charge in [0.05, 0.1) is 22.8 Å². The van der Waals surface area contributed by atoms with Crippen molar-refractivity contribution in [2.45, 2.75) is 39.7 Å². The second kappa shape index (κ2) is 8.11. The second-order valence-corrected chi connectivity index (χ2v) is 7.44. The molecule has 1 amide bonds. The van der Waals surface area contributed by atoms with Crippen LogP contribution in [0.25, 0.3) is 22.3 Å². The maximum absolute atomic E-state index is 12.9. The molecule has 152 valence electrons. The number of nitrogens with one attached hydrogen (secondary N) is 1. The Morgan fingerprint density at radius 2 is 2.00 bits per heavy atom. The Morgan fingerprint density at radius 1 is 1.21 bits per heavy atom. The highest BCUT2D eigenvalue weighted by atomic mass is 16.6. The Hall–Kier alpha value is -3.09. The molecule has 2 aromatic heterocycles. The van der Waals surface area contributed by atoms with Crippen molar-refractivity contribution in [1.29, 1.82) is 0 Å². The van der Waals surface area contributed by atoms with Crippen molar-refractivity contribution in [3.63, 3.8) is 0 Å². The predicted octanol–water partition coefficient (Wildman–Crippen LogP) is 3.98. The number of unbranched alkanes of at least 4 members (excludes halogenated alkanes) is 1. The molecule has 0 saturated carbocycles. The highest BCUT2D eigenvalue weighted by molar-refractivity contribution is 6.06. The maximum Gasteiger partial charge on any atom is 0.252 e. The third-order valence-electron chi connectivity index (χ3n) is 4.95. The molecule has 29 heavy (non-hydrogen) atoms. The Morgan fingerprint density at radius 3 is 2.76 bits per heavy atom. The number of benzene rings is 1. The molecule has 7 heteroatoms. The Labute approximate surface area is 170 Å². The van der Waals surface area contributed by atoms with Crippen LogP contribution in [0.5, 0.6) is 11.5 Å². The summed E-state index contributed by atoms with van der Waals surface area (Å²) in [7, 11) is 0. The number of hydrogen-bond acceptors (Lipinski definition) is 5. The van der Waals surface area contributed by atoms with Gasteiger partial charge < -0.3 is 14.8 Å². The fourth-order valence-corrected chi connectivity index (χ4v) is 3.41. The van der Waals surface area contributed by atoms with Crippen molar-refractivity contribution in [3.8, 4) is 22.8 Å². The molecule has 7 nitrogen and oxygen atoms in total. The van der Waals surface area contributed by atoms with Crippen LogP contribution in [0.2, 0.25) is 0 Å². The van der Waals surface area contributed by atoms with Crippen molar-refractivity contribution in [2.24, 2.45) is 0 Å². The number of pyridine rings is 1. The summed E-state index contributed by atoms with van der Waals surface area (Å²) in [4.78, 5) is 17.7. The van der Waals surface area contributed by atoms with Gasteiger partial charge in [-0.05, 0) is 44.5 Å². The van der Waals surface area contributed by atoms with Gasteiger partial charge in [0.25, 0.3) is 5.91 Å². The quantitative estimate of drug-likeness (QED) is 0.640. The molecule has 0 aliphatic carbocycles. The molecule has 0 spiro atoms. The van der Waals surface area contributed by atoms with E-state index in [1.165, 1.54) is 0 Å². The molecule has 1 aliphatic heterocycles. The van der Waals surface area contributed by atoms with Crippen LogP contribution in [0.1, 0.15) is 50.0 Å². The number of carbonyl (C=O) groups excluding carboxylic acids is 1. The number of hydrogen-bond donors (Lipinski definition) is 1. The first-order valence-electron chi connectivity index (χ1n) is 10.1. The van der Waals surface area contributed by atoms with Crippen LogP contribution in [0.3, 0.4) is 0 Å². The van der Waals surface area contributed by atoms with Gasteiger partial charge in [0.15, 0.2) is 17.1 Å². The zero-order chi connectivity index (χ0) is 20.4. The Kier molecular flexibility index (Phi) is 5.38. The van der Waals surface area contributed by atoms with Crippen LogP contribution < -0.4 is 14.8 Å². The third-order valence-corrected chi connectivity index (χ3v) is 4.95. The van der Waals surface area contributed by atoms with Crippen LogP contribution in [0.4, 0.5) is 0 Å². The van der Waals surface area contributed by atoms with Crippen LogP contribution in [-0.2, 0) is 0 Å². The number of amides is 1. The summed E-state index contributed by atoms with van der Waals surface area (Å²) in [5.74, 6) is 1.32. The molecular weight excluding hydrogens is 368 g/mol. The molecule has 4 rings (SSSR count). The lowest BCUT2D eigenvalue weighted by Gasteiger charge is -2.19. The van der Waals surface area contributed by atoms with E-state index in [9.17, 15) is 4.79 Å². The summed E-state index contributed by atoms with van der Waals surface area (Å²) in [6.07, 6.45) is 3.70. The number of fused-ring (bicyclic) bond motifs is 2. The average Bonchev–Trinajstić information content (AvgIpc) is 3.17.